The minimum Gasteiger partial charge on any atom is -0.333 e. The van der Waals surface area contributed by atoms with E-state index in [0.717, 1.165) is 25.2 Å². The average Bonchev–Trinajstić information content (AvgIpc) is 2.51. The molecule has 3 heteroatoms. The summed E-state index contributed by atoms with van der Waals surface area (Å²) in [6.45, 7) is 5.10. The van der Waals surface area contributed by atoms with Crippen LogP contribution in [0, 0.1) is 0 Å². The predicted octanol–water partition coefficient (Wildman–Crippen LogP) is 1.18. The van der Waals surface area contributed by atoms with E-state index in [2.05, 4.69) is 23.4 Å². The molecule has 1 atom stereocenters. The Labute approximate surface area is 73.6 Å². The van der Waals surface area contributed by atoms with Crippen molar-refractivity contribution in [2.45, 2.75) is 39.3 Å². The molecule has 0 aliphatic heterocycles. The SMILES string of the molecule is CCc1nccn1CC(N)CC. The molecule has 0 fully saturated rings. The van der Waals surface area contributed by atoms with Gasteiger partial charge in [-0.15, -0.1) is 0 Å². The van der Waals surface area contributed by atoms with Crippen molar-refractivity contribution in [2.24, 2.45) is 5.73 Å². The van der Waals surface area contributed by atoms with Crippen LogP contribution in [0.4, 0.5) is 0 Å². The van der Waals surface area contributed by atoms with Crippen molar-refractivity contribution in [3.05, 3.63) is 18.2 Å². The highest BCUT2D eigenvalue weighted by Gasteiger charge is 2.03. The Bertz CT molecular complexity index is 229. The van der Waals surface area contributed by atoms with Gasteiger partial charge in [0.2, 0.25) is 0 Å². The van der Waals surface area contributed by atoms with Crippen LogP contribution in [-0.4, -0.2) is 15.6 Å². The third kappa shape index (κ3) is 2.08. The summed E-state index contributed by atoms with van der Waals surface area (Å²) in [5, 5.41) is 0. The van der Waals surface area contributed by atoms with Crippen molar-refractivity contribution < 1.29 is 0 Å². The van der Waals surface area contributed by atoms with Gasteiger partial charge in [0.05, 0.1) is 0 Å². The number of hydrogen-bond acceptors (Lipinski definition) is 2. The van der Waals surface area contributed by atoms with Gasteiger partial charge in [0, 0.05) is 31.4 Å². The molecule has 3 nitrogen and oxygen atoms in total. The molecule has 0 radical (unpaired) electrons. The molecule has 1 aromatic rings. The molecule has 0 saturated heterocycles. The standard InChI is InChI=1S/C9H17N3/c1-3-8(10)7-12-6-5-11-9(12)4-2/h5-6,8H,3-4,7,10H2,1-2H3. The minimum absolute atomic E-state index is 0.254. The topological polar surface area (TPSA) is 43.8 Å². The molecule has 0 saturated carbocycles. The maximum atomic E-state index is 5.84. The lowest BCUT2D eigenvalue weighted by Crippen LogP contribution is -2.25. The lowest BCUT2D eigenvalue weighted by molar-refractivity contribution is 0.524. The number of hydrogen-bond donors (Lipinski definition) is 1. The highest BCUT2D eigenvalue weighted by Crippen LogP contribution is 2.00. The third-order valence-corrected chi connectivity index (χ3v) is 2.07. The van der Waals surface area contributed by atoms with Gasteiger partial charge in [0.25, 0.3) is 0 Å². The zero-order valence-corrected chi connectivity index (χ0v) is 7.83. The quantitative estimate of drug-likeness (QED) is 0.732. The van der Waals surface area contributed by atoms with E-state index >= 15 is 0 Å². The Balaban J connectivity index is 2.61. The van der Waals surface area contributed by atoms with Crippen molar-refractivity contribution in [1.29, 1.82) is 0 Å². The number of nitrogens with two attached hydrogens (primary N) is 1. The zero-order valence-electron chi connectivity index (χ0n) is 7.83. The highest BCUT2D eigenvalue weighted by atomic mass is 15.1. The van der Waals surface area contributed by atoms with Crippen molar-refractivity contribution in [3.8, 4) is 0 Å². The monoisotopic (exact) mass is 167 g/mol. The molecular formula is C9H17N3. The molecular weight excluding hydrogens is 150 g/mol. The number of aromatic nitrogens is 2. The molecule has 1 aromatic heterocycles. The molecule has 2 N–H and O–H groups in total. The molecule has 0 amide bonds. The molecule has 0 aliphatic rings. The largest absolute Gasteiger partial charge is 0.333 e. The van der Waals surface area contributed by atoms with Gasteiger partial charge < -0.3 is 10.3 Å². The molecule has 0 spiro atoms. The molecule has 1 unspecified atom stereocenters. The Morgan fingerprint density at radius 3 is 2.92 bits per heavy atom. The van der Waals surface area contributed by atoms with Gasteiger partial charge >= 0.3 is 0 Å². The van der Waals surface area contributed by atoms with Crippen LogP contribution in [0.25, 0.3) is 0 Å². The first-order valence-electron chi connectivity index (χ1n) is 4.53. The van der Waals surface area contributed by atoms with Gasteiger partial charge in [-0.3, -0.25) is 0 Å². The van der Waals surface area contributed by atoms with Gasteiger partial charge in [-0.2, -0.15) is 0 Å². The number of nitrogens with zero attached hydrogens (tertiary/aromatic N) is 2. The fraction of sp³-hybridized carbons (Fsp3) is 0.667. The van der Waals surface area contributed by atoms with Crippen LogP contribution in [0.1, 0.15) is 26.1 Å². The second-order valence-corrected chi connectivity index (χ2v) is 3.02. The summed E-state index contributed by atoms with van der Waals surface area (Å²) < 4.78 is 2.13. The van der Waals surface area contributed by atoms with E-state index in [1.807, 2.05) is 12.4 Å². The smallest absolute Gasteiger partial charge is 0.108 e. The zero-order chi connectivity index (χ0) is 8.97. The number of aryl methyl sites for hydroxylation is 1. The molecule has 1 heterocycles. The molecule has 0 bridgehead atoms. The Kier molecular flexibility index (Phi) is 3.29. The lowest BCUT2D eigenvalue weighted by Gasteiger charge is -2.11. The first-order valence-corrected chi connectivity index (χ1v) is 4.53. The maximum absolute atomic E-state index is 5.84. The van der Waals surface area contributed by atoms with Crippen LogP contribution >= 0.6 is 0 Å². The van der Waals surface area contributed by atoms with Crippen molar-refractivity contribution in [3.63, 3.8) is 0 Å². The summed E-state index contributed by atoms with van der Waals surface area (Å²) in [6, 6.07) is 0.254. The highest BCUT2D eigenvalue weighted by molar-refractivity contribution is 4.92. The summed E-state index contributed by atoms with van der Waals surface area (Å²) in [4.78, 5) is 4.23. The third-order valence-electron chi connectivity index (χ3n) is 2.07. The minimum atomic E-state index is 0.254. The molecule has 1 rings (SSSR count). The van der Waals surface area contributed by atoms with E-state index in [4.69, 9.17) is 5.73 Å². The van der Waals surface area contributed by atoms with E-state index in [0.29, 0.717) is 0 Å². The lowest BCUT2D eigenvalue weighted by atomic mass is 10.2. The summed E-state index contributed by atoms with van der Waals surface area (Å²) >= 11 is 0. The van der Waals surface area contributed by atoms with Gasteiger partial charge in [-0.1, -0.05) is 13.8 Å². The Morgan fingerprint density at radius 1 is 1.58 bits per heavy atom. The van der Waals surface area contributed by atoms with Gasteiger partial charge in [0.15, 0.2) is 0 Å². The van der Waals surface area contributed by atoms with Crippen LogP contribution in [0.3, 0.4) is 0 Å². The van der Waals surface area contributed by atoms with Gasteiger partial charge in [-0.25, -0.2) is 4.98 Å². The normalized spacial score (nSPS) is 13.2. The van der Waals surface area contributed by atoms with E-state index < -0.39 is 0 Å². The summed E-state index contributed by atoms with van der Waals surface area (Å²) in [5.74, 6) is 1.12. The first kappa shape index (κ1) is 9.26. The van der Waals surface area contributed by atoms with Crippen LogP contribution in [-0.2, 0) is 13.0 Å². The van der Waals surface area contributed by atoms with E-state index in [1.54, 1.807) is 0 Å². The summed E-state index contributed by atoms with van der Waals surface area (Å²) in [5.41, 5.74) is 5.84. The second-order valence-electron chi connectivity index (χ2n) is 3.02. The van der Waals surface area contributed by atoms with Crippen LogP contribution in [0.15, 0.2) is 12.4 Å². The first-order chi connectivity index (χ1) is 5.77. The fourth-order valence-electron chi connectivity index (χ4n) is 1.20. The second kappa shape index (κ2) is 4.26. The average molecular weight is 167 g/mol. The van der Waals surface area contributed by atoms with Crippen molar-refractivity contribution >= 4 is 0 Å². The van der Waals surface area contributed by atoms with Crippen molar-refractivity contribution in [1.82, 2.24) is 9.55 Å². The Hall–Kier alpha value is -0.830. The predicted molar refractivity (Wildman–Crippen MR) is 49.9 cm³/mol. The van der Waals surface area contributed by atoms with E-state index in [1.165, 1.54) is 0 Å². The van der Waals surface area contributed by atoms with Crippen LogP contribution < -0.4 is 5.73 Å². The maximum Gasteiger partial charge on any atom is 0.108 e. The number of imidazole rings is 1. The summed E-state index contributed by atoms with van der Waals surface area (Å²) in [6.07, 6.45) is 5.82. The van der Waals surface area contributed by atoms with E-state index in [9.17, 15) is 0 Å². The molecule has 0 aliphatic carbocycles. The van der Waals surface area contributed by atoms with Crippen LogP contribution in [0.5, 0.6) is 0 Å². The van der Waals surface area contributed by atoms with Crippen molar-refractivity contribution in [2.75, 3.05) is 0 Å². The summed E-state index contributed by atoms with van der Waals surface area (Å²) in [7, 11) is 0. The van der Waals surface area contributed by atoms with E-state index in [-0.39, 0.29) is 6.04 Å². The number of rotatable bonds is 4. The molecule has 0 aromatic carbocycles. The molecule has 12 heavy (non-hydrogen) atoms. The van der Waals surface area contributed by atoms with Crippen LogP contribution in [0.2, 0.25) is 0 Å². The van der Waals surface area contributed by atoms with Gasteiger partial charge in [0.1, 0.15) is 5.82 Å². The fourth-order valence-corrected chi connectivity index (χ4v) is 1.20. The van der Waals surface area contributed by atoms with Gasteiger partial charge in [-0.05, 0) is 6.42 Å². The Morgan fingerprint density at radius 2 is 2.33 bits per heavy atom. The molecule has 68 valence electrons.